The number of aliphatic hydroxyl groups is 1. The van der Waals surface area contributed by atoms with Gasteiger partial charge in [0.2, 0.25) is 5.75 Å². The molecule has 0 fully saturated rings. The highest BCUT2D eigenvalue weighted by Gasteiger charge is 2.21. The minimum atomic E-state index is -0.678. The van der Waals surface area contributed by atoms with E-state index in [0.29, 0.717) is 22.2 Å². The van der Waals surface area contributed by atoms with E-state index in [-0.39, 0.29) is 11.4 Å². The van der Waals surface area contributed by atoms with Crippen LogP contribution in [0.25, 0.3) is 0 Å². The molecular weight excluding hydrogens is 338 g/mol. The monoisotopic (exact) mass is 351 g/mol. The smallest absolute Gasteiger partial charge is 0.312 e. The minimum absolute atomic E-state index is 0.123. The zero-order chi connectivity index (χ0) is 15.4. The Kier molecular flexibility index (Phi) is 4.93. The first-order valence-corrected chi connectivity index (χ1v) is 7.21. The van der Waals surface area contributed by atoms with Crippen LogP contribution in [0.1, 0.15) is 25.0 Å². The first-order valence-electron chi connectivity index (χ1n) is 6.42. The molecule has 0 saturated carbocycles. The maximum Gasteiger partial charge on any atom is 0.312 e. The third-order valence-electron chi connectivity index (χ3n) is 3.02. The third-order valence-corrected chi connectivity index (χ3v) is 3.64. The fraction of sp³-hybridized carbons (Fsp3) is 0.200. The summed E-state index contributed by atoms with van der Waals surface area (Å²) in [6, 6.07) is 11.6. The molecule has 0 heterocycles. The SMILES string of the molecule is CCC(O)c1ccccc1Oc1c(Br)cccc1[N+](=O)[O-]. The van der Waals surface area contributed by atoms with Crippen molar-refractivity contribution >= 4 is 21.6 Å². The van der Waals surface area contributed by atoms with Crippen LogP contribution < -0.4 is 4.74 Å². The Hall–Kier alpha value is -1.92. The van der Waals surface area contributed by atoms with Gasteiger partial charge in [0.1, 0.15) is 5.75 Å². The Bertz CT molecular complexity index is 660. The van der Waals surface area contributed by atoms with Crippen LogP contribution in [0, 0.1) is 10.1 Å². The largest absolute Gasteiger partial charge is 0.449 e. The zero-order valence-electron chi connectivity index (χ0n) is 11.3. The summed E-state index contributed by atoms with van der Waals surface area (Å²) in [6.45, 7) is 1.85. The number of ether oxygens (including phenoxy) is 1. The fourth-order valence-corrected chi connectivity index (χ4v) is 2.36. The number of benzene rings is 2. The molecule has 0 radical (unpaired) electrons. The molecule has 0 saturated heterocycles. The lowest BCUT2D eigenvalue weighted by Crippen LogP contribution is -2.00. The van der Waals surface area contributed by atoms with Crippen LogP contribution >= 0.6 is 15.9 Å². The van der Waals surface area contributed by atoms with Crippen molar-refractivity contribution in [1.29, 1.82) is 0 Å². The molecule has 0 aliphatic rings. The number of rotatable bonds is 5. The highest BCUT2D eigenvalue weighted by Crippen LogP contribution is 2.40. The molecule has 2 rings (SSSR count). The van der Waals surface area contributed by atoms with Crippen molar-refractivity contribution in [2.45, 2.75) is 19.4 Å². The summed E-state index contributed by atoms with van der Waals surface area (Å²) in [7, 11) is 0. The number of nitro benzene ring substituents is 1. The lowest BCUT2D eigenvalue weighted by atomic mass is 10.1. The molecule has 1 N–H and O–H groups in total. The number of hydrogen-bond acceptors (Lipinski definition) is 4. The van der Waals surface area contributed by atoms with Crippen molar-refractivity contribution in [3.8, 4) is 11.5 Å². The van der Waals surface area contributed by atoms with Crippen molar-refractivity contribution in [1.82, 2.24) is 0 Å². The molecule has 0 spiro atoms. The number of hydrogen-bond donors (Lipinski definition) is 1. The van der Waals surface area contributed by atoms with Gasteiger partial charge in [-0.25, -0.2) is 0 Å². The number of aliphatic hydroxyl groups excluding tert-OH is 1. The van der Waals surface area contributed by atoms with E-state index in [1.165, 1.54) is 6.07 Å². The normalized spacial score (nSPS) is 12.0. The average Bonchev–Trinajstić information content (AvgIpc) is 2.48. The van der Waals surface area contributed by atoms with E-state index in [2.05, 4.69) is 15.9 Å². The molecule has 110 valence electrons. The number of nitrogens with zero attached hydrogens (tertiary/aromatic N) is 1. The van der Waals surface area contributed by atoms with E-state index in [1.807, 2.05) is 6.92 Å². The molecule has 0 aliphatic carbocycles. The minimum Gasteiger partial charge on any atom is -0.449 e. The first kappa shape index (κ1) is 15.5. The second-order valence-corrected chi connectivity index (χ2v) is 5.26. The number of nitro groups is 1. The molecule has 0 aromatic heterocycles. The van der Waals surface area contributed by atoms with Crippen molar-refractivity contribution in [3.63, 3.8) is 0 Å². The predicted octanol–water partition coefficient (Wildman–Crippen LogP) is 4.59. The van der Waals surface area contributed by atoms with Gasteiger partial charge in [-0.3, -0.25) is 10.1 Å². The maximum absolute atomic E-state index is 11.1. The lowest BCUT2D eigenvalue weighted by Gasteiger charge is -2.15. The third kappa shape index (κ3) is 3.40. The molecule has 6 heteroatoms. The van der Waals surface area contributed by atoms with E-state index >= 15 is 0 Å². The molecule has 1 unspecified atom stereocenters. The van der Waals surface area contributed by atoms with Crippen molar-refractivity contribution < 1.29 is 14.8 Å². The van der Waals surface area contributed by atoms with Crippen molar-refractivity contribution in [2.75, 3.05) is 0 Å². The highest BCUT2D eigenvalue weighted by molar-refractivity contribution is 9.10. The van der Waals surface area contributed by atoms with E-state index < -0.39 is 11.0 Å². The summed E-state index contributed by atoms with van der Waals surface area (Å²) in [4.78, 5) is 10.6. The summed E-state index contributed by atoms with van der Waals surface area (Å²) in [5.41, 5.74) is 0.468. The van der Waals surface area contributed by atoms with Crippen molar-refractivity contribution in [3.05, 3.63) is 62.6 Å². The molecule has 21 heavy (non-hydrogen) atoms. The Labute approximate surface area is 130 Å². The lowest BCUT2D eigenvalue weighted by molar-refractivity contribution is -0.385. The Morgan fingerprint density at radius 1 is 1.29 bits per heavy atom. The van der Waals surface area contributed by atoms with E-state index in [4.69, 9.17) is 4.74 Å². The molecule has 0 bridgehead atoms. The topological polar surface area (TPSA) is 72.6 Å². The average molecular weight is 352 g/mol. The van der Waals surface area contributed by atoms with Crippen LogP contribution in [0.3, 0.4) is 0 Å². The Morgan fingerprint density at radius 3 is 2.67 bits per heavy atom. The molecule has 1 atom stereocenters. The predicted molar refractivity (Wildman–Crippen MR) is 82.6 cm³/mol. The second kappa shape index (κ2) is 6.69. The van der Waals surface area contributed by atoms with Crippen LogP contribution in [-0.2, 0) is 0 Å². The Morgan fingerprint density at radius 2 is 2.00 bits per heavy atom. The van der Waals surface area contributed by atoms with Gasteiger partial charge in [-0.05, 0) is 34.5 Å². The van der Waals surface area contributed by atoms with Crippen LogP contribution in [0.15, 0.2) is 46.9 Å². The highest BCUT2D eigenvalue weighted by atomic mass is 79.9. The summed E-state index contributed by atoms with van der Waals surface area (Å²) in [5, 5.41) is 21.1. The van der Waals surface area contributed by atoms with Crippen molar-refractivity contribution in [2.24, 2.45) is 0 Å². The van der Waals surface area contributed by atoms with Crippen LogP contribution in [-0.4, -0.2) is 10.0 Å². The first-order chi connectivity index (χ1) is 10.0. The summed E-state index contributed by atoms with van der Waals surface area (Å²) in [5.74, 6) is 0.528. The zero-order valence-corrected chi connectivity index (χ0v) is 12.9. The summed E-state index contributed by atoms with van der Waals surface area (Å²) < 4.78 is 6.19. The van der Waals surface area contributed by atoms with Gasteiger partial charge < -0.3 is 9.84 Å². The number of para-hydroxylation sites is 2. The molecule has 0 amide bonds. The molecule has 2 aromatic carbocycles. The molecule has 5 nitrogen and oxygen atoms in total. The molecule has 2 aromatic rings. The quantitative estimate of drug-likeness (QED) is 0.631. The van der Waals surface area contributed by atoms with Gasteiger partial charge in [0.05, 0.1) is 15.5 Å². The van der Waals surface area contributed by atoms with E-state index in [9.17, 15) is 15.2 Å². The summed E-state index contributed by atoms with van der Waals surface area (Å²) >= 11 is 3.26. The summed E-state index contributed by atoms with van der Waals surface area (Å²) in [6.07, 6.45) is -0.152. The van der Waals surface area contributed by atoms with Gasteiger partial charge in [0.15, 0.2) is 0 Å². The Balaban J connectivity index is 2.46. The van der Waals surface area contributed by atoms with Gasteiger partial charge in [-0.2, -0.15) is 0 Å². The van der Waals surface area contributed by atoms with Gasteiger partial charge in [0.25, 0.3) is 0 Å². The molecular formula is C15H14BrNO4. The van der Waals surface area contributed by atoms with Crippen LogP contribution in [0.4, 0.5) is 5.69 Å². The maximum atomic E-state index is 11.1. The van der Waals surface area contributed by atoms with E-state index in [1.54, 1.807) is 36.4 Å². The van der Waals surface area contributed by atoms with Gasteiger partial charge in [-0.15, -0.1) is 0 Å². The van der Waals surface area contributed by atoms with Gasteiger partial charge in [0, 0.05) is 11.6 Å². The van der Waals surface area contributed by atoms with Crippen LogP contribution in [0.5, 0.6) is 11.5 Å². The fourth-order valence-electron chi connectivity index (χ4n) is 1.92. The standard InChI is InChI=1S/C15H14BrNO4/c1-2-13(18)10-6-3-4-9-14(10)21-15-11(16)7-5-8-12(15)17(19)20/h3-9,13,18H,2H2,1H3. The second-order valence-electron chi connectivity index (χ2n) is 4.41. The van der Waals surface area contributed by atoms with E-state index in [0.717, 1.165) is 0 Å². The van der Waals surface area contributed by atoms with Gasteiger partial charge >= 0.3 is 5.69 Å². The van der Waals surface area contributed by atoms with Crippen LogP contribution in [0.2, 0.25) is 0 Å². The number of halogens is 1. The van der Waals surface area contributed by atoms with Gasteiger partial charge in [-0.1, -0.05) is 31.2 Å². The molecule has 0 aliphatic heterocycles.